The number of alkyl halides is 1. The Morgan fingerprint density at radius 3 is 2.50 bits per heavy atom. The first-order valence-electron chi connectivity index (χ1n) is 4.43. The topological polar surface area (TPSA) is 20.2 Å². The second-order valence-corrected chi connectivity index (χ2v) is 3.62. The summed E-state index contributed by atoms with van der Waals surface area (Å²) in [5.74, 6) is 0.514. The van der Waals surface area contributed by atoms with Crippen LogP contribution in [0.1, 0.15) is 12.5 Å². The quantitative estimate of drug-likeness (QED) is 0.665. The smallest absolute Gasteiger partial charge is 0.0703 e. The van der Waals surface area contributed by atoms with E-state index >= 15 is 0 Å². The van der Waals surface area contributed by atoms with Crippen LogP contribution in [0.5, 0.6) is 0 Å². The Morgan fingerprint density at radius 2 is 2.00 bits per heavy atom. The molecule has 14 heavy (non-hydrogen) atoms. The molecule has 0 aliphatic rings. The molecule has 1 N–H and O–H groups in total. The Labute approximate surface area is 116 Å². The minimum Gasteiger partial charge on any atom is -0.392 e. The molecule has 1 radical (unpaired) electrons. The molecule has 1 aromatic carbocycles. The van der Waals surface area contributed by atoms with Crippen LogP contribution in [0.4, 0.5) is 0 Å². The second-order valence-electron chi connectivity index (χ2n) is 3.31. The van der Waals surface area contributed by atoms with Gasteiger partial charge in [0.05, 0.1) is 6.10 Å². The standard InChI is InChI=1S/C11H14ClO.Y/c1-9(11(13)8-12)7-10-5-3-2-4-6-10;/h3-6,9,11,13H,7-8H2,1H3;/q-1;/t9-,11-;/m0./s1. The SMILES string of the molecule is C[C@@H](Cc1cc[c-]cc1)[C@@H](O)CCl.[Y]. The molecular formula is C11H14ClOY-. The van der Waals surface area contributed by atoms with Crippen molar-refractivity contribution in [2.45, 2.75) is 19.4 Å². The molecule has 0 saturated heterocycles. The van der Waals surface area contributed by atoms with E-state index in [0.29, 0.717) is 5.88 Å². The summed E-state index contributed by atoms with van der Waals surface area (Å²) in [4.78, 5) is 0. The molecule has 0 aliphatic carbocycles. The van der Waals surface area contributed by atoms with E-state index in [0.717, 1.165) is 6.42 Å². The predicted molar refractivity (Wildman–Crippen MR) is 54.9 cm³/mol. The molecule has 0 aliphatic heterocycles. The predicted octanol–water partition coefficient (Wildman–Crippen LogP) is 2.26. The molecule has 1 rings (SSSR count). The summed E-state index contributed by atoms with van der Waals surface area (Å²) < 4.78 is 0. The molecule has 0 aromatic heterocycles. The van der Waals surface area contributed by atoms with Gasteiger partial charge in [0.1, 0.15) is 0 Å². The molecule has 0 heterocycles. The Balaban J connectivity index is 0.00000169. The first-order valence-corrected chi connectivity index (χ1v) is 4.96. The van der Waals surface area contributed by atoms with E-state index < -0.39 is 6.10 Å². The zero-order valence-electron chi connectivity index (χ0n) is 8.28. The molecule has 0 amide bonds. The van der Waals surface area contributed by atoms with Crippen LogP contribution in [0.25, 0.3) is 0 Å². The van der Waals surface area contributed by atoms with Crippen LogP contribution in [-0.2, 0) is 39.1 Å². The van der Waals surface area contributed by atoms with Crippen molar-refractivity contribution in [3.05, 3.63) is 35.9 Å². The summed E-state index contributed by atoms with van der Waals surface area (Å²) in [7, 11) is 0. The van der Waals surface area contributed by atoms with Gasteiger partial charge in [0.15, 0.2) is 0 Å². The summed E-state index contributed by atoms with van der Waals surface area (Å²) in [6.45, 7) is 2.00. The maximum atomic E-state index is 9.45. The van der Waals surface area contributed by atoms with E-state index in [9.17, 15) is 5.11 Å². The maximum absolute atomic E-state index is 9.45. The number of hydrogen-bond acceptors (Lipinski definition) is 1. The molecule has 1 aromatic rings. The zero-order chi connectivity index (χ0) is 9.68. The minimum absolute atomic E-state index is 0. The molecular weight excluding hydrogens is 272 g/mol. The van der Waals surface area contributed by atoms with Crippen molar-refractivity contribution in [2.24, 2.45) is 5.92 Å². The van der Waals surface area contributed by atoms with Crippen molar-refractivity contribution < 1.29 is 37.8 Å². The molecule has 0 bridgehead atoms. The van der Waals surface area contributed by atoms with Gasteiger partial charge in [-0.2, -0.15) is 35.9 Å². The van der Waals surface area contributed by atoms with E-state index in [-0.39, 0.29) is 38.6 Å². The molecule has 0 saturated carbocycles. The molecule has 0 spiro atoms. The summed E-state index contributed by atoms with van der Waals surface area (Å²) >= 11 is 5.56. The van der Waals surface area contributed by atoms with Crippen molar-refractivity contribution in [1.29, 1.82) is 0 Å². The Kier molecular flexibility index (Phi) is 8.13. The molecule has 2 atom stereocenters. The van der Waals surface area contributed by atoms with Gasteiger partial charge in [0.2, 0.25) is 0 Å². The summed E-state index contributed by atoms with van der Waals surface area (Å²) in [6.07, 6.45) is 0.452. The number of aliphatic hydroxyl groups excluding tert-OH is 1. The summed E-state index contributed by atoms with van der Waals surface area (Å²) in [6, 6.07) is 10.8. The fourth-order valence-electron chi connectivity index (χ4n) is 1.22. The van der Waals surface area contributed by atoms with Gasteiger partial charge in [-0.25, -0.2) is 0 Å². The van der Waals surface area contributed by atoms with E-state index in [1.165, 1.54) is 5.56 Å². The van der Waals surface area contributed by atoms with Crippen molar-refractivity contribution in [1.82, 2.24) is 0 Å². The minimum atomic E-state index is -0.411. The van der Waals surface area contributed by atoms with Crippen LogP contribution in [-0.4, -0.2) is 17.1 Å². The number of hydrogen-bond donors (Lipinski definition) is 1. The molecule has 1 nitrogen and oxygen atoms in total. The summed E-state index contributed by atoms with van der Waals surface area (Å²) in [5.41, 5.74) is 1.22. The van der Waals surface area contributed by atoms with E-state index in [4.69, 9.17) is 11.6 Å². The number of rotatable bonds is 4. The zero-order valence-corrected chi connectivity index (χ0v) is 11.9. The van der Waals surface area contributed by atoms with Crippen LogP contribution in [0.15, 0.2) is 24.3 Å². The van der Waals surface area contributed by atoms with Crippen molar-refractivity contribution in [3.63, 3.8) is 0 Å². The molecule has 75 valence electrons. The van der Waals surface area contributed by atoms with Gasteiger partial charge < -0.3 is 5.11 Å². The third-order valence-electron chi connectivity index (χ3n) is 2.16. The van der Waals surface area contributed by atoms with Gasteiger partial charge in [-0.05, 0) is 12.3 Å². The Bertz CT molecular complexity index is 240. The van der Waals surface area contributed by atoms with E-state index in [2.05, 4.69) is 6.07 Å². The molecule has 3 heteroatoms. The monoisotopic (exact) mass is 286 g/mol. The third kappa shape index (κ3) is 4.88. The van der Waals surface area contributed by atoms with Crippen LogP contribution in [0.3, 0.4) is 0 Å². The van der Waals surface area contributed by atoms with Crippen molar-refractivity contribution in [2.75, 3.05) is 5.88 Å². The Morgan fingerprint density at radius 1 is 1.43 bits per heavy atom. The van der Waals surface area contributed by atoms with E-state index in [1.54, 1.807) is 0 Å². The second kappa shape index (κ2) is 7.81. The molecule has 0 unspecified atom stereocenters. The third-order valence-corrected chi connectivity index (χ3v) is 2.48. The van der Waals surface area contributed by atoms with Gasteiger partial charge in [-0.15, -0.1) is 11.6 Å². The van der Waals surface area contributed by atoms with Crippen LogP contribution < -0.4 is 0 Å². The fourth-order valence-corrected chi connectivity index (χ4v) is 1.52. The van der Waals surface area contributed by atoms with Gasteiger partial charge in [0, 0.05) is 38.6 Å². The number of benzene rings is 1. The largest absolute Gasteiger partial charge is 0.392 e. The van der Waals surface area contributed by atoms with Crippen molar-refractivity contribution in [3.8, 4) is 0 Å². The fraction of sp³-hybridized carbons (Fsp3) is 0.455. The number of aliphatic hydroxyl groups is 1. The van der Waals surface area contributed by atoms with Crippen molar-refractivity contribution >= 4 is 11.6 Å². The van der Waals surface area contributed by atoms with Crippen LogP contribution >= 0.6 is 11.6 Å². The van der Waals surface area contributed by atoms with Gasteiger partial charge in [0.25, 0.3) is 0 Å². The van der Waals surface area contributed by atoms with Crippen LogP contribution in [0.2, 0.25) is 0 Å². The van der Waals surface area contributed by atoms with Gasteiger partial charge in [-0.1, -0.05) is 6.92 Å². The molecule has 0 fully saturated rings. The average molecular weight is 287 g/mol. The summed E-state index contributed by atoms with van der Waals surface area (Å²) in [5, 5.41) is 9.45. The normalized spacial score (nSPS) is 14.2. The number of halogens is 1. The van der Waals surface area contributed by atoms with Gasteiger partial charge in [-0.3, -0.25) is 0 Å². The first-order chi connectivity index (χ1) is 6.24. The maximum Gasteiger partial charge on any atom is 0.0703 e. The first kappa shape index (κ1) is 14.6. The van der Waals surface area contributed by atoms with E-state index in [1.807, 2.05) is 31.2 Å². The van der Waals surface area contributed by atoms with Crippen LogP contribution in [0, 0.1) is 12.0 Å². The average Bonchev–Trinajstić information content (AvgIpc) is 2.18. The Hall–Kier alpha value is 0.574. The van der Waals surface area contributed by atoms with Gasteiger partial charge >= 0.3 is 0 Å².